The summed E-state index contributed by atoms with van der Waals surface area (Å²) in [5, 5.41) is 0. The molecule has 0 amide bonds. The fraction of sp³-hybridized carbons (Fsp3) is 0.300. The fourth-order valence-electron chi connectivity index (χ4n) is 4.15. The molecule has 1 aliphatic carbocycles. The van der Waals surface area contributed by atoms with E-state index in [9.17, 15) is 0 Å². The van der Waals surface area contributed by atoms with Gasteiger partial charge in [0, 0.05) is 7.05 Å². The molecular formula is C30H35N. The zero-order valence-electron chi connectivity index (χ0n) is 19.1. The summed E-state index contributed by atoms with van der Waals surface area (Å²) in [5.41, 5.74) is 9.13. The van der Waals surface area contributed by atoms with E-state index < -0.39 is 0 Å². The highest BCUT2D eigenvalue weighted by Crippen LogP contribution is 2.25. The van der Waals surface area contributed by atoms with Gasteiger partial charge in [-0.1, -0.05) is 84.0 Å². The molecule has 0 aliphatic heterocycles. The Hall–Kier alpha value is -2.93. The quantitative estimate of drug-likeness (QED) is 0.214. The van der Waals surface area contributed by atoms with Crippen molar-refractivity contribution in [3.8, 4) is 0 Å². The first-order valence-electron chi connectivity index (χ1n) is 11.5. The molecule has 0 N–H and O–H groups in total. The predicted molar refractivity (Wildman–Crippen MR) is 136 cm³/mol. The van der Waals surface area contributed by atoms with Crippen molar-refractivity contribution in [2.24, 2.45) is 4.99 Å². The Morgan fingerprint density at radius 3 is 2.32 bits per heavy atom. The molecule has 1 aliphatic rings. The van der Waals surface area contributed by atoms with Crippen LogP contribution in [0, 0.1) is 0 Å². The van der Waals surface area contributed by atoms with Gasteiger partial charge in [-0.3, -0.25) is 4.99 Å². The van der Waals surface area contributed by atoms with Crippen LogP contribution in [0.4, 0.5) is 0 Å². The molecule has 0 fully saturated rings. The number of unbranched alkanes of at least 4 members (excludes halogenated alkanes) is 1. The molecular weight excluding hydrogens is 374 g/mol. The van der Waals surface area contributed by atoms with E-state index in [0.717, 1.165) is 44.2 Å². The van der Waals surface area contributed by atoms with Gasteiger partial charge >= 0.3 is 0 Å². The summed E-state index contributed by atoms with van der Waals surface area (Å²) in [6.07, 6.45) is 14.9. The number of nitrogens with zero attached hydrogens (tertiary/aromatic N) is 1. The monoisotopic (exact) mass is 409 g/mol. The first-order valence-corrected chi connectivity index (χ1v) is 11.5. The van der Waals surface area contributed by atoms with E-state index in [1.165, 1.54) is 39.8 Å². The predicted octanol–water partition coefficient (Wildman–Crippen LogP) is 8.06. The van der Waals surface area contributed by atoms with Crippen molar-refractivity contribution in [2.75, 3.05) is 7.05 Å². The molecule has 1 nitrogen and oxygen atoms in total. The third kappa shape index (κ3) is 7.36. The van der Waals surface area contributed by atoms with E-state index in [1.807, 2.05) is 7.05 Å². The molecule has 0 radical (unpaired) electrons. The van der Waals surface area contributed by atoms with Crippen LogP contribution in [0.15, 0.2) is 113 Å². The van der Waals surface area contributed by atoms with E-state index >= 15 is 0 Å². The third-order valence-corrected chi connectivity index (χ3v) is 5.71. The second kappa shape index (κ2) is 12.1. The summed E-state index contributed by atoms with van der Waals surface area (Å²) >= 11 is 0. The largest absolute Gasteiger partial charge is 0.288 e. The van der Waals surface area contributed by atoms with Crippen molar-refractivity contribution >= 4 is 5.71 Å². The molecule has 2 aromatic carbocycles. The average molecular weight is 410 g/mol. The van der Waals surface area contributed by atoms with Crippen LogP contribution in [0.3, 0.4) is 0 Å². The number of rotatable bonds is 10. The number of benzene rings is 2. The van der Waals surface area contributed by atoms with Gasteiger partial charge in [0.2, 0.25) is 0 Å². The number of hydrogen-bond donors (Lipinski definition) is 0. The second-order valence-electron chi connectivity index (χ2n) is 8.48. The van der Waals surface area contributed by atoms with Gasteiger partial charge in [0.15, 0.2) is 0 Å². The van der Waals surface area contributed by atoms with Crippen molar-refractivity contribution in [2.45, 2.75) is 51.9 Å². The first kappa shape index (κ1) is 22.7. The highest BCUT2D eigenvalue weighted by Gasteiger charge is 2.12. The van der Waals surface area contributed by atoms with Crippen molar-refractivity contribution in [3.63, 3.8) is 0 Å². The Kier molecular flexibility index (Phi) is 8.84. The molecule has 0 heterocycles. The van der Waals surface area contributed by atoms with Crippen molar-refractivity contribution < 1.29 is 0 Å². The summed E-state index contributed by atoms with van der Waals surface area (Å²) in [6, 6.07) is 21.4. The molecule has 0 saturated carbocycles. The lowest BCUT2D eigenvalue weighted by Crippen LogP contribution is -2.07. The van der Waals surface area contributed by atoms with Gasteiger partial charge in [-0.25, -0.2) is 0 Å². The molecule has 0 saturated heterocycles. The Morgan fingerprint density at radius 2 is 1.65 bits per heavy atom. The molecule has 1 heteroatoms. The summed E-state index contributed by atoms with van der Waals surface area (Å²) in [4.78, 5) is 4.71. The van der Waals surface area contributed by atoms with Gasteiger partial charge < -0.3 is 0 Å². The van der Waals surface area contributed by atoms with Crippen LogP contribution < -0.4 is 0 Å². The second-order valence-corrected chi connectivity index (χ2v) is 8.48. The average Bonchev–Trinajstić information content (AvgIpc) is 2.78. The van der Waals surface area contributed by atoms with Gasteiger partial charge in [0.25, 0.3) is 0 Å². The van der Waals surface area contributed by atoms with Crippen LogP contribution in [0.2, 0.25) is 0 Å². The van der Waals surface area contributed by atoms with E-state index in [0.29, 0.717) is 0 Å². The van der Waals surface area contributed by atoms with Gasteiger partial charge in [-0.2, -0.15) is 0 Å². The van der Waals surface area contributed by atoms with Crippen molar-refractivity contribution in [1.29, 1.82) is 0 Å². The van der Waals surface area contributed by atoms with Gasteiger partial charge in [-0.05, 0) is 80.2 Å². The molecule has 0 aromatic heterocycles. The Morgan fingerprint density at radius 1 is 0.968 bits per heavy atom. The van der Waals surface area contributed by atoms with Crippen LogP contribution in [-0.2, 0) is 6.42 Å². The maximum atomic E-state index is 4.71. The minimum absolute atomic E-state index is 1.04. The lowest BCUT2D eigenvalue weighted by Gasteiger charge is -2.16. The highest BCUT2D eigenvalue weighted by atomic mass is 14.7. The molecule has 0 bridgehead atoms. The Balaban J connectivity index is 1.83. The third-order valence-electron chi connectivity index (χ3n) is 5.71. The lowest BCUT2D eigenvalue weighted by molar-refractivity contribution is 0.735. The fourth-order valence-corrected chi connectivity index (χ4v) is 4.15. The molecule has 0 spiro atoms. The van der Waals surface area contributed by atoms with Crippen molar-refractivity contribution in [3.05, 3.63) is 119 Å². The smallest absolute Gasteiger partial charge is 0.0675 e. The number of aliphatic imine (C=N–C) groups is 1. The van der Waals surface area contributed by atoms with Crippen molar-refractivity contribution in [1.82, 2.24) is 0 Å². The zero-order chi connectivity index (χ0) is 21.9. The Labute approximate surface area is 188 Å². The normalized spacial score (nSPS) is 14.8. The molecule has 0 atom stereocenters. The summed E-state index contributed by atoms with van der Waals surface area (Å²) < 4.78 is 0. The standard InChI is InChI=1S/C30H35N/c1-24(2)13-10-11-20-29(30(31-3)28-18-8-5-9-19-28)23-27-17-12-16-26(22-27)21-25-14-6-4-7-15-25/h4-9,14-15,17-19,22-23H,1,10-13,16,20-21H2,2-3H3/b29-23-,31-30?. The Bertz CT molecular complexity index is 972. The van der Waals surface area contributed by atoms with E-state index in [4.69, 9.17) is 4.99 Å². The molecule has 31 heavy (non-hydrogen) atoms. The maximum absolute atomic E-state index is 4.71. The molecule has 0 unspecified atom stereocenters. The minimum atomic E-state index is 1.04. The maximum Gasteiger partial charge on any atom is 0.0675 e. The van der Waals surface area contributed by atoms with Gasteiger partial charge in [0.1, 0.15) is 0 Å². The van der Waals surface area contributed by atoms with Crippen LogP contribution in [-0.4, -0.2) is 12.8 Å². The van der Waals surface area contributed by atoms with Crippen LogP contribution in [0.1, 0.15) is 56.6 Å². The topological polar surface area (TPSA) is 12.4 Å². The molecule has 3 rings (SSSR count). The van der Waals surface area contributed by atoms with E-state index in [1.54, 1.807) is 0 Å². The molecule has 2 aromatic rings. The summed E-state index contributed by atoms with van der Waals surface area (Å²) in [7, 11) is 1.91. The molecule has 160 valence electrons. The van der Waals surface area contributed by atoms with Gasteiger partial charge in [-0.15, -0.1) is 6.58 Å². The van der Waals surface area contributed by atoms with Gasteiger partial charge in [0.05, 0.1) is 5.71 Å². The summed E-state index contributed by atoms with van der Waals surface area (Å²) in [5.74, 6) is 0. The minimum Gasteiger partial charge on any atom is -0.288 e. The lowest BCUT2D eigenvalue weighted by atomic mass is 9.90. The SMILES string of the molecule is C=C(C)CCCC/C(=C/C1=CCCC(Cc2ccccc2)=C1)C(=NC)c1ccccc1. The van der Waals surface area contributed by atoms with Crippen LogP contribution in [0.5, 0.6) is 0 Å². The zero-order valence-corrected chi connectivity index (χ0v) is 19.1. The van der Waals surface area contributed by atoms with Crippen LogP contribution >= 0.6 is 0 Å². The first-order chi connectivity index (χ1) is 15.2. The van der Waals surface area contributed by atoms with Crippen LogP contribution in [0.25, 0.3) is 0 Å². The number of hydrogen-bond acceptors (Lipinski definition) is 1. The highest BCUT2D eigenvalue weighted by molar-refractivity contribution is 6.12. The summed E-state index contributed by atoms with van der Waals surface area (Å²) in [6.45, 7) is 6.17. The van der Waals surface area contributed by atoms with E-state index in [-0.39, 0.29) is 0 Å². The number of allylic oxidation sites excluding steroid dienone is 7. The van der Waals surface area contributed by atoms with E-state index in [2.05, 4.69) is 92.4 Å².